The predicted octanol–water partition coefficient (Wildman–Crippen LogP) is 3.74. The minimum Gasteiger partial charge on any atom is -0.392 e. The van der Waals surface area contributed by atoms with Crippen molar-refractivity contribution < 1.29 is 9.63 Å². The Hall–Kier alpha value is -1.72. The second kappa shape index (κ2) is 7.67. The van der Waals surface area contributed by atoms with E-state index in [2.05, 4.69) is 39.3 Å². The summed E-state index contributed by atoms with van der Waals surface area (Å²) in [6.07, 6.45) is 8.24. The van der Waals surface area contributed by atoms with Crippen LogP contribution in [0.3, 0.4) is 0 Å². The maximum Gasteiger partial charge on any atom is 0.230 e. The summed E-state index contributed by atoms with van der Waals surface area (Å²) in [5.74, 6) is 1.94. The van der Waals surface area contributed by atoms with Crippen LogP contribution in [0.15, 0.2) is 28.8 Å². The average molecular weight is 341 g/mol. The molecule has 134 valence electrons. The first-order valence-corrected chi connectivity index (χ1v) is 9.61. The lowest BCUT2D eigenvalue weighted by atomic mass is 10.0. The molecule has 0 bridgehead atoms. The van der Waals surface area contributed by atoms with E-state index in [9.17, 15) is 5.11 Å². The lowest BCUT2D eigenvalue weighted by Gasteiger charge is -2.14. The Balaban J connectivity index is 1.41. The molecule has 1 aliphatic heterocycles. The van der Waals surface area contributed by atoms with E-state index < -0.39 is 0 Å². The van der Waals surface area contributed by atoms with Crippen molar-refractivity contribution in [2.75, 3.05) is 13.1 Å². The van der Waals surface area contributed by atoms with E-state index in [0.717, 1.165) is 37.5 Å². The number of rotatable bonds is 4. The Labute approximate surface area is 149 Å². The smallest absolute Gasteiger partial charge is 0.230 e. The molecule has 1 aliphatic carbocycles. The van der Waals surface area contributed by atoms with Crippen molar-refractivity contribution in [3.05, 3.63) is 35.7 Å². The molecule has 1 aromatic heterocycles. The van der Waals surface area contributed by atoms with Crippen LogP contribution < -0.4 is 0 Å². The number of aliphatic hydroxyl groups is 1. The van der Waals surface area contributed by atoms with Gasteiger partial charge in [-0.15, -0.1) is 0 Å². The Kier molecular flexibility index (Phi) is 5.13. The SMILES string of the molecule is O[C@H]1CCN(Cc2ccc(-c3noc(C4CCCCCC4)n3)cc2)C1. The van der Waals surface area contributed by atoms with Crippen molar-refractivity contribution in [2.45, 2.75) is 63.5 Å². The molecule has 2 fully saturated rings. The first-order valence-electron chi connectivity index (χ1n) is 9.61. The minimum absolute atomic E-state index is 0.166. The topological polar surface area (TPSA) is 62.4 Å². The van der Waals surface area contributed by atoms with E-state index >= 15 is 0 Å². The third-order valence-electron chi connectivity index (χ3n) is 5.51. The van der Waals surface area contributed by atoms with Crippen LogP contribution in [0.5, 0.6) is 0 Å². The summed E-state index contributed by atoms with van der Waals surface area (Å²) in [4.78, 5) is 6.96. The summed E-state index contributed by atoms with van der Waals surface area (Å²) in [6, 6.07) is 8.40. The maximum absolute atomic E-state index is 9.63. The van der Waals surface area contributed by atoms with Gasteiger partial charge >= 0.3 is 0 Å². The van der Waals surface area contributed by atoms with Crippen LogP contribution in [0.1, 0.15) is 62.3 Å². The highest BCUT2D eigenvalue weighted by atomic mass is 16.5. The van der Waals surface area contributed by atoms with Crippen molar-refractivity contribution >= 4 is 0 Å². The van der Waals surface area contributed by atoms with Crippen LogP contribution in [-0.2, 0) is 6.54 Å². The average Bonchev–Trinajstić information content (AvgIpc) is 3.18. The number of β-amino-alcohol motifs (C(OH)–C–C–N with tert-alkyl or cyclic N) is 1. The van der Waals surface area contributed by atoms with Gasteiger partial charge in [-0.3, -0.25) is 4.90 Å². The Bertz CT molecular complexity index is 675. The molecule has 2 aromatic rings. The largest absolute Gasteiger partial charge is 0.392 e. The summed E-state index contributed by atoms with van der Waals surface area (Å²) < 4.78 is 5.57. The van der Waals surface area contributed by atoms with Crippen LogP contribution in [0.25, 0.3) is 11.4 Å². The molecular weight excluding hydrogens is 314 g/mol. The Morgan fingerprint density at radius 3 is 2.48 bits per heavy atom. The van der Waals surface area contributed by atoms with Gasteiger partial charge in [0, 0.05) is 31.1 Å². The van der Waals surface area contributed by atoms with Gasteiger partial charge in [0.2, 0.25) is 11.7 Å². The van der Waals surface area contributed by atoms with E-state index in [1.807, 2.05) is 0 Å². The fraction of sp³-hybridized carbons (Fsp3) is 0.600. The molecule has 1 saturated carbocycles. The molecule has 1 aromatic carbocycles. The van der Waals surface area contributed by atoms with Crippen LogP contribution in [-0.4, -0.2) is 39.3 Å². The molecule has 0 unspecified atom stereocenters. The van der Waals surface area contributed by atoms with E-state index in [-0.39, 0.29) is 6.10 Å². The van der Waals surface area contributed by atoms with E-state index in [1.54, 1.807) is 0 Å². The summed E-state index contributed by atoms with van der Waals surface area (Å²) in [5.41, 5.74) is 2.26. The van der Waals surface area contributed by atoms with Gasteiger partial charge in [-0.25, -0.2) is 0 Å². The van der Waals surface area contributed by atoms with Crippen LogP contribution >= 0.6 is 0 Å². The molecule has 1 atom stereocenters. The standard InChI is InChI=1S/C20H27N3O2/c24-18-11-12-23(14-18)13-15-7-9-16(10-8-15)19-21-20(25-22-19)17-5-3-1-2-4-6-17/h7-10,17-18,24H,1-6,11-14H2/t18-/m0/s1. The van der Waals surface area contributed by atoms with Crippen LogP contribution in [0.2, 0.25) is 0 Å². The van der Waals surface area contributed by atoms with Crippen LogP contribution in [0, 0.1) is 0 Å². The van der Waals surface area contributed by atoms with Gasteiger partial charge in [-0.05, 0) is 24.8 Å². The molecule has 5 heteroatoms. The van der Waals surface area contributed by atoms with Gasteiger partial charge in [-0.2, -0.15) is 4.98 Å². The molecule has 4 rings (SSSR count). The van der Waals surface area contributed by atoms with Gasteiger partial charge in [0.05, 0.1) is 6.10 Å². The lowest BCUT2D eigenvalue weighted by Crippen LogP contribution is -2.21. The zero-order valence-electron chi connectivity index (χ0n) is 14.7. The van der Waals surface area contributed by atoms with Gasteiger partial charge < -0.3 is 9.63 Å². The molecule has 2 heterocycles. The summed E-state index contributed by atoms with van der Waals surface area (Å²) in [5, 5.41) is 13.8. The highest BCUT2D eigenvalue weighted by Crippen LogP contribution is 2.31. The minimum atomic E-state index is -0.166. The first-order chi connectivity index (χ1) is 12.3. The number of likely N-dealkylation sites (tertiary alicyclic amines) is 1. The van der Waals surface area contributed by atoms with E-state index in [0.29, 0.717) is 11.7 Å². The monoisotopic (exact) mass is 341 g/mol. The summed E-state index contributed by atoms with van der Waals surface area (Å²) >= 11 is 0. The highest BCUT2D eigenvalue weighted by Gasteiger charge is 2.22. The van der Waals surface area contributed by atoms with E-state index in [4.69, 9.17) is 4.52 Å². The molecule has 2 aliphatic rings. The predicted molar refractivity (Wildman–Crippen MR) is 96.1 cm³/mol. The van der Waals surface area contributed by atoms with Gasteiger partial charge in [-0.1, -0.05) is 55.1 Å². The molecule has 25 heavy (non-hydrogen) atoms. The number of benzene rings is 1. The fourth-order valence-electron chi connectivity index (χ4n) is 4.02. The number of aliphatic hydroxyl groups excluding tert-OH is 1. The molecule has 0 amide bonds. The van der Waals surface area contributed by atoms with Crippen LogP contribution in [0.4, 0.5) is 0 Å². The molecule has 1 N–H and O–H groups in total. The third kappa shape index (κ3) is 4.10. The van der Waals surface area contributed by atoms with E-state index in [1.165, 1.54) is 44.1 Å². The number of aromatic nitrogens is 2. The number of nitrogens with zero attached hydrogens (tertiary/aromatic N) is 3. The second-order valence-corrected chi connectivity index (χ2v) is 7.52. The highest BCUT2D eigenvalue weighted by molar-refractivity contribution is 5.54. The summed E-state index contributed by atoms with van der Waals surface area (Å²) in [6.45, 7) is 2.63. The first kappa shape index (κ1) is 16.7. The van der Waals surface area contributed by atoms with Gasteiger partial charge in [0.1, 0.15) is 0 Å². The van der Waals surface area contributed by atoms with Crippen molar-refractivity contribution in [2.24, 2.45) is 0 Å². The summed E-state index contributed by atoms with van der Waals surface area (Å²) in [7, 11) is 0. The normalized spacial score (nSPS) is 23.0. The molecular formula is C20H27N3O2. The number of hydrogen-bond donors (Lipinski definition) is 1. The fourth-order valence-corrected chi connectivity index (χ4v) is 4.02. The Morgan fingerprint density at radius 2 is 1.80 bits per heavy atom. The van der Waals surface area contributed by atoms with Crippen molar-refractivity contribution in [3.8, 4) is 11.4 Å². The lowest BCUT2D eigenvalue weighted by molar-refractivity contribution is 0.175. The maximum atomic E-state index is 9.63. The number of hydrogen-bond acceptors (Lipinski definition) is 5. The van der Waals surface area contributed by atoms with Crippen molar-refractivity contribution in [3.63, 3.8) is 0 Å². The zero-order chi connectivity index (χ0) is 17.1. The van der Waals surface area contributed by atoms with Crippen molar-refractivity contribution in [1.29, 1.82) is 0 Å². The Morgan fingerprint density at radius 1 is 1.04 bits per heavy atom. The quantitative estimate of drug-likeness (QED) is 0.858. The zero-order valence-corrected chi connectivity index (χ0v) is 14.7. The van der Waals surface area contributed by atoms with Crippen molar-refractivity contribution in [1.82, 2.24) is 15.0 Å². The third-order valence-corrected chi connectivity index (χ3v) is 5.51. The second-order valence-electron chi connectivity index (χ2n) is 7.52. The molecule has 0 radical (unpaired) electrons. The molecule has 1 saturated heterocycles. The van der Waals surface area contributed by atoms with Gasteiger partial charge in [0.25, 0.3) is 0 Å². The molecule has 0 spiro atoms. The molecule has 5 nitrogen and oxygen atoms in total. The van der Waals surface area contributed by atoms with Gasteiger partial charge in [0.15, 0.2) is 0 Å².